The minimum atomic E-state index is -0.659. The number of carbonyl (C=O) groups excluding carboxylic acids is 2. The Kier molecular flexibility index (Phi) is 4.61. The van der Waals surface area contributed by atoms with E-state index in [-0.39, 0.29) is 17.8 Å². The van der Waals surface area contributed by atoms with Gasteiger partial charge in [0.1, 0.15) is 12.2 Å². The Hall–Kier alpha value is -3.75. The molecule has 2 N–H and O–H groups in total. The second-order valence-electron chi connectivity index (χ2n) is 5.34. The van der Waals surface area contributed by atoms with Gasteiger partial charge in [-0.2, -0.15) is 0 Å². The van der Waals surface area contributed by atoms with Crippen molar-refractivity contribution < 1.29 is 14.3 Å². The first-order chi connectivity index (χ1) is 12.5. The third-order valence-corrected chi connectivity index (χ3v) is 3.65. The zero-order chi connectivity index (χ0) is 18.7. The predicted molar refractivity (Wildman–Crippen MR) is 93.0 cm³/mol. The number of fused-ring (bicyclic) bond motifs is 1. The first-order valence-electron chi connectivity index (χ1n) is 7.55. The van der Waals surface area contributed by atoms with Crippen molar-refractivity contribution >= 4 is 28.6 Å². The molecule has 0 aliphatic heterocycles. The number of aromatic amines is 1. The maximum atomic E-state index is 12.3. The topological polar surface area (TPSA) is 123 Å². The van der Waals surface area contributed by atoms with Gasteiger partial charge in [-0.1, -0.05) is 12.1 Å². The van der Waals surface area contributed by atoms with Crippen LogP contribution in [0.3, 0.4) is 0 Å². The number of hydrogen-bond acceptors (Lipinski definition) is 6. The van der Waals surface area contributed by atoms with E-state index in [4.69, 9.17) is 0 Å². The van der Waals surface area contributed by atoms with Gasteiger partial charge in [-0.05, 0) is 18.2 Å². The summed E-state index contributed by atoms with van der Waals surface area (Å²) in [6, 6.07) is 8.08. The fourth-order valence-electron chi connectivity index (χ4n) is 2.42. The Balaban J connectivity index is 1.89. The van der Waals surface area contributed by atoms with E-state index in [9.17, 15) is 19.2 Å². The highest BCUT2D eigenvalue weighted by Gasteiger charge is 2.13. The molecule has 0 bridgehead atoms. The van der Waals surface area contributed by atoms with Gasteiger partial charge in [0, 0.05) is 6.20 Å². The number of rotatable bonds is 4. The maximum absolute atomic E-state index is 12.3. The number of ether oxygens (including phenoxy) is 1. The van der Waals surface area contributed by atoms with Crippen LogP contribution in [0, 0.1) is 0 Å². The molecule has 0 radical (unpaired) electrons. The lowest BCUT2D eigenvalue weighted by atomic mass is 10.2. The summed E-state index contributed by atoms with van der Waals surface area (Å²) >= 11 is 0. The third-order valence-electron chi connectivity index (χ3n) is 3.65. The zero-order valence-electron chi connectivity index (χ0n) is 13.7. The summed E-state index contributed by atoms with van der Waals surface area (Å²) in [6.07, 6.45) is 2.31. The number of methoxy groups -OCH3 is 1. The number of nitrogens with one attached hydrogen (secondary N) is 2. The fourth-order valence-corrected chi connectivity index (χ4v) is 2.42. The summed E-state index contributed by atoms with van der Waals surface area (Å²) in [5.41, 5.74) is -0.0231. The van der Waals surface area contributed by atoms with Crippen molar-refractivity contribution in [2.45, 2.75) is 6.54 Å². The number of anilines is 1. The van der Waals surface area contributed by atoms with Crippen LogP contribution in [0.1, 0.15) is 10.4 Å². The van der Waals surface area contributed by atoms with Crippen LogP contribution in [0.2, 0.25) is 0 Å². The monoisotopic (exact) mass is 354 g/mol. The van der Waals surface area contributed by atoms with Crippen LogP contribution < -0.4 is 16.4 Å². The van der Waals surface area contributed by atoms with E-state index in [1.807, 2.05) is 0 Å². The minimum Gasteiger partial charge on any atom is -0.465 e. The molecule has 26 heavy (non-hydrogen) atoms. The molecule has 2 heterocycles. The normalized spacial score (nSPS) is 10.5. The average Bonchev–Trinajstić information content (AvgIpc) is 2.65. The number of H-pyrrole nitrogens is 1. The Labute approximate surface area is 146 Å². The number of pyridine rings is 1. The molecule has 0 unspecified atom stereocenters. The molecule has 0 fully saturated rings. The van der Waals surface area contributed by atoms with E-state index < -0.39 is 23.0 Å². The van der Waals surface area contributed by atoms with Crippen molar-refractivity contribution in [3.8, 4) is 0 Å². The summed E-state index contributed by atoms with van der Waals surface area (Å²) in [4.78, 5) is 54.1. The van der Waals surface area contributed by atoms with Gasteiger partial charge in [0.2, 0.25) is 5.91 Å². The smallest absolute Gasteiger partial charge is 0.339 e. The zero-order valence-corrected chi connectivity index (χ0v) is 13.7. The van der Waals surface area contributed by atoms with Crippen LogP contribution in [0.25, 0.3) is 11.0 Å². The molecule has 0 aliphatic rings. The molecule has 1 amide bonds. The van der Waals surface area contributed by atoms with Crippen molar-refractivity contribution in [2.75, 3.05) is 12.4 Å². The molecule has 9 nitrogen and oxygen atoms in total. The van der Waals surface area contributed by atoms with E-state index in [1.54, 1.807) is 24.3 Å². The quantitative estimate of drug-likeness (QED) is 0.658. The Morgan fingerprint density at radius 3 is 2.81 bits per heavy atom. The summed E-state index contributed by atoms with van der Waals surface area (Å²) in [5, 5.41) is 2.40. The van der Waals surface area contributed by atoms with Crippen LogP contribution in [-0.2, 0) is 16.1 Å². The van der Waals surface area contributed by atoms with Crippen molar-refractivity contribution in [1.29, 1.82) is 0 Å². The molecule has 3 rings (SSSR count). The van der Waals surface area contributed by atoms with Gasteiger partial charge in [0.15, 0.2) is 0 Å². The molecule has 3 aromatic rings. The van der Waals surface area contributed by atoms with Crippen molar-refractivity contribution in [2.24, 2.45) is 0 Å². The largest absolute Gasteiger partial charge is 0.465 e. The van der Waals surface area contributed by atoms with Gasteiger partial charge in [-0.15, -0.1) is 0 Å². The number of benzene rings is 1. The first-order valence-corrected chi connectivity index (χ1v) is 7.55. The number of esters is 1. The lowest BCUT2D eigenvalue weighted by Gasteiger charge is -2.10. The van der Waals surface area contributed by atoms with Gasteiger partial charge in [-0.25, -0.2) is 9.78 Å². The standard InChI is InChI=1S/C17H14N4O5/c1-26-17(25)10-6-12(16(24)19-7-10)20-14(22)9-21-13-5-3-2-4-11(13)18-8-15(21)23/h2-8H,9H2,1H3,(H,19,24)(H,20,22). The van der Waals surface area contributed by atoms with Crippen LogP contribution in [0.4, 0.5) is 5.69 Å². The molecule has 0 atom stereocenters. The Bertz CT molecular complexity index is 1120. The van der Waals surface area contributed by atoms with Gasteiger partial charge in [0.05, 0.1) is 29.9 Å². The van der Waals surface area contributed by atoms with Crippen LogP contribution in [0.15, 0.2) is 52.3 Å². The third kappa shape index (κ3) is 3.36. The number of amides is 1. The number of para-hydroxylation sites is 2. The van der Waals surface area contributed by atoms with Gasteiger partial charge >= 0.3 is 5.97 Å². The second kappa shape index (κ2) is 7.01. The number of nitrogens with zero attached hydrogens (tertiary/aromatic N) is 2. The number of aromatic nitrogens is 3. The van der Waals surface area contributed by atoms with Gasteiger partial charge < -0.3 is 15.0 Å². The highest BCUT2D eigenvalue weighted by atomic mass is 16.5. The van der Waals surface area contributed by atoms with Crippen molar-refractivity contribution in [1.82, 2.24) is 14.5 Å². The van der Waals surface area contributed by atoms with E-state index in [1.165, 1.54) is 23.9 Å². The highest BCUT2D eigenvalue weighted by Crippen LogP contribution is 2.09. The molecule has 1 aromatic carbocycles. The van der Waals surface area contributed by atoms with Gasteiger partial charge in [0.25, 0.3) is 11.1 Å². The lowest BCUT2D eigenvalue weighted by molar-refractivity contribution is -0.116. The Morgan fingerprint density at radius 2 is 2.04 bits per heavy atom. The van der Waals surface area contributed by atoms with Crippen LogP contribution in [-0.4, -0.2) is 33.5 Å². The molecule has 9 heteroatoms. The highest BCUT2D eigenvalue weighted by molar-refractivity contribution is 5.94. The molecule has 2 aromatic heterocycles. The van der Waals surface area contributed by atoms with E-state index >= 15 is 0 Å². The van der Waals surface area contributed by atoms with Crippen molar-refractivity contribution in [3.63, 3.8) is 0 Å². The Morgan fingerprint density at radius 1 is 1.27 bits per heavy atom. The predicted octanol–water partition coefficient (Wildman–Crippen LogP) is 0.510. The summed E-state index contributed by atoms with van der Waals surface area (Å²) < 4.78 is 5.82. The summed E-state index contributed by atoms with van der Waals surface area (Å²) in [7, 11) is 1.20. The molecule has 0 saturated carbocycles. The number of hydrogen-bond donors (Lipinski definition) is 2. The fraction of sp³-hybridized carbons (Fsp3) is 0.118. The minimum absolute atomic E-state index is 0.0777. The SMILES string of the molecule is COC(=O)c1c[nH]c(=O)c(NC(=O)Cn2c(=O)cnc3ccccc32)c1. The summed E-state index contributed by atoms with van der Waals surface area (Å²) in [6.45, 7) is -0.316. The van der Waals surface area contributed by atoms with Crippen molar-refractivity contribution in [3.05, 3.63) is 69.0 Å². The van der Waals surface area contributed by atoms with Crippen LogP contribution in [0.5, 0.6) is 0 Å². The lowest BCUT2D eigenvalue weighted by Crippen LogP contribution is -2.29. The van der Waals surface area contributed by atoms with E-state index in [0.29, 0.717) is 11.0 Å². The molecule has 0 saturated heterocycles. The first kappa shape index (κ1) is 17.1. The molecular formula is C17H14N4O5. The number of carbonyl (C=O) groups is 2. The molecule has 0 spiro atoms. The molecular weight excluding hydrogens is 340 g/mol. The van der Waals surface area contributed by atoms with Crippen LogP contribution >= 0.6 is 0 Å². The van der Waals surface area contributed by atoms with E-state index in [0.717, 1.165) is 6.20 Å². The van der Waals surface area contributed by atoms with E-state index in [2.05, 4.69) is 20.0 Å². The van der Waals surface area contributed by atoms with Gasteiger partial charge in [-0.3, -0.25) is 19.0 Å². The second-order valence-corrected chi connectivity index (χ2v) is 5.34. The summed E-state index contributed by atoms with van der Waals surface area (Å²) in [5.74, 6) is -1.26. The maximum Gasteiger partial charge on any atom is 0.339 e. The molecule has 0 aliphatic carbocycles. The average molecular weight is 354 g/mol. The molecule has 132 valence electrons.